The van der Waals surface area contributed by atoms with Crippen molar-refractivity contribution in [2.45, 2.75) is 25.8 Å². The van der Waals surface area contributed by atoms with Gasteiger partial charge in [-0.3, -0.25) is 19.3 Å². The van der Waals surface area contributed by atoms with Gasteiger partial charge in [-0.1, -0.05) is 17.7 Å². The predicted octanol–water partition coefficient (Wildman–Crippen LogP) is 1.80. The summed E-state index contributed by atoms with van der Waals surface area (Å²) in [6.07, 6.45) is 4.32. The fourth-order valence-electron chi connectivity index (χ4n) is 3.02. The Morgan fingerprint density at radius 2 is 2.13 bits per heavy atom. The summed E-state index contributed by atoms with van der Waals surface area (Å²) in [6, 6.07) is 3.50. The molecule has 0 bridgehead atoms. The fraction of sp³-hybridized carbons (Fsp3) is 0.438. The van der Waals surface area contributed by atoms with Gasteiger partial charge in [-0.15, -0.1) is 0 Å². The second kappa shape index (κ2) is 6.58. The molecule has 1 aromatic rings. The van der Waals surface area contributed by atoms with Crippen molar-refractivity contribution in [1.29, 1.82) is 0 Å². The Morgan fingerprint density at radius 1 is 1.35 bits per heavy atom. The van der Waals surface area contributed by atoms with E-state index in [2.05, 4.69) is 5.32 Å². The van der Waals surface area contributed by atoms with Gasteiger partial charge in [-0.05, 0) is 25.0 Å². The van der Waals surface area contributed by atoms with Crippen molar-refractivity contribution in [2.24, 2.45) is 11.8 Å². The van der Waals surface area contributed by atoms with E-state index < -0.39 is 0 Å². The van der Waals surface area contributed by atoms with Crippen LogP contribution in [0.3, 0.4) is 0 Å². The minimum Gasteiger partial charge on any atom is -0.467 e. The summed E-state index contributed by atoms with van der Waals surface area (Å²) in [4.78, 5) is 37.7. The van der Waals surface area contributed by atoms with Gasteiger partial charge in [-0.25, -0.2) is 0 Å². The van der Waals surface area contributed by atoms with Crippen LogP contribution < -0.4 is 5.32 Å². The van der Waals surface area contributed by atoms with Gasteiger partial charge in [0.2, 0.25) is 17.7 Å². The summed E-state index contributed by atoms with van der Waals surface area (Å²) < 4.78 is 5.12. The average molecular weight is 337 g/mol. The minimum atomic E-state index is -0.369. The van der Waals surface area contributed by atoms with Crippen LogP contribution in [0.1, 0.15) is 25.0 Å². The summed E-state index contributed by atoms with van der Waals surface area (Å²) >= 11 is 5.97. The highest BCUT2D eigenvalue weighted by molar-refractivity contribution is 6.30. The van der Waals surface area contributed by atoms with Gasteiger partial charge in [0.25, 0.3) is 0 Å². The lowest BCUT2D eigenvalue weighted by atomic mass is 9.85. The number of likely N-dealkylation sites (tertiary alicyclic amines) is 1. The molecule has 6 nitrogen and oxygen atoms in total. The maximum absolute atomic E-state index is 12.3. The molecule has 0 saturated carbocycles. The van der Waals surface area contributed by atoms with Gasteiger partial charge >= 0.3 is 0 Å². The summed E-state index contributed by atoms with van der Waals surface area (Å²) in [5.41, 5.74) is 0. The van der Waals surface area contributed by atoms with Crippen molar-refractivity contribution in [3.8, 4) is 0 Å². The van der Waals surface area contributed by atoms with Crippen LogP contribution in [0.15, 0.2) is 33.9 Å². The van der Waals surface area contributed by atoms with Crippen LogP contribution >= 0.6 is 11.6 Å². The third kappa shape index (κ3) is 3.32. The lowest BCUT2D eigenvalue weighted by Gasteiger charge is -2.17. The molecule has 1 N–H and O–H groups in total. The number of hydrogen-bond acceptors (Lipinski definition) is 4. The third-order valence-electron chi connectivity index (χ3n) is 4.26. The van der Waals surface area contributed by atoms with Gasteiger partial charge in [-0.2, -0.15) is 0 Å². The molecule has 23 heavy (non-hydrogen) atoms. The Hall–Kier alpha value is -2.08. The lowest BCUT2D eigenvalue weighted by Crippen LogP contribution is -2.35. The van der Waals surface area contributed by atoms with Crippen LogP contribution in [0.25, 0.3) is 0 Å². The standard InChI is InChI=1S/C16H17ClN2O4/c17-10-3-4-12-13(8-10)16(22)19(15(12)21)6-5-14(20)18-9-11-2-1-7-23-11/h1-3,7,12-13H,4-6,8-9H2,(H,18,20)/t12-,13+/m0/s1. The number of rotatable bonds is 5. The van der Waals surface area contributed by atoms with Gasteiger partial charge in [0.15, 0.2) is 0 Å². The molecule has 3 rings (SSSR count). The number of imide groups is 1. The third-order valence-corrected chi connectivity index (χ3v) is 4.57. The number of carbonyl (C=O) groups is 3. The van der Waals surface area contributed by atoms with E-state index >= 15 is 0 Å². The number of nitrogens with one attached hydrogen (secondary N) is 1. The largest absolute Gasteiger partial charge is 0.467 e. The van der Waals surface area contributed by atoms with E-state index in [1.54, 1.807) is 18.2 Å². The number of carbonyl (C=O) groups excluding carboxylic acids is 3. The molecule has 1 saturated heterocycles. The molecule has 0 radical (unpaired) electrons. The van der Waals surface area contributed by atoms with Crippen LogP contribution in [0.2, 0.25) is 0 Å². The van der Waals surface area contributed by atoms with Crippen LogP contribution in [-0.2, 0) is 20.9 Å². The van der Waals surface area contributed by atoms with Crippen LogP contribution in [-0.4, -0.2) is 29.2 Å². The van der Waals surface area contributed by atoms with E-state index in [4.69, 9.17) is 16.0 Å². The van der Waals surface area contributed by atoms with Gasteiger partial charge in [0, 0.05) is 18.0 Å². The Bertz CT molecular complexity index is 653. The molecule has 0 spiro atoms. The maximum Gasteiger partial charge on any atom is 0.233 e. The minimum absolute atomic E-state index is 0.0821. The number of amides is 3. The van der Waals surface area contributed by atoms with Crippen molar-refractivity contribution in [3.05, 3.63) is 35.3 Å². The normalized spacial score (nSPS) is 23.7. The van der Waals surface area contributed by atoms with E-state index in [0.29, 0.717) is 30.2 Å². The molecule has 7 heteroatoms. The second-order valence-corrected chi connectivity index (χ2v) is 6.22. The number of fused-ring (bicyclic) bond motifs is 1. The van der Waals surface area contributed by atoms with Crippen molar-refractivity contribution in [3.63, 3.8) is 0 Å². The van der Waals surface area contributed by atoms with E-state index in [1.165, 1.54) is 11.2 Å². The fourth-order valence-corrected chi connectivity index (χ4v) is 3.27. The molecule has 0 aromatic carbocycles. The number of nitrogens with zero attached hydrogens (tertiary/aromatic N) is 1. The second-order valence-electron chi connectivity index (χ2n) is 5.74. The zero-order chi connectivity index (χ0) is 16.4. The van der Waals surface area contributed by atoms with Gasteiger partial charge in [0.1, 0.15) is 5.76 Å². The molecule has 2 heterocycles. The van der Waals surface area contributed by atoms with E-state index in [-0.39, 0.29) is 42.5 Å². The molecule has 1 aliphatic heterocycles. The first-order chi connectivity index (χ1) is 11.1. The monoisotopic (exact) mass is 336 g/mol. The Balaban J connectivity index is 1.51. The van der Waals surface area contributed by atoms with Crippen molar-refractivity contribution >= 4 is 29.3 Å². The lowest BCUT2D eigenvalue weighted by molar-refractivity contribution is -0.140. The topological polar surface area (TPSA) is 79.6 Å². The summed E-state index contributed by atoms with van der Waals surface area (Å²) in [6.45, 7) is 0.394. The molecule has 1 aromatic heterocycles. The predicted molar refractivity (Wildman–Crippen MR) is 82.0 cm³/mol. The van der Waals surface area contributed by atoms with Crippen LogP contribution in [0.5, 0.6) is 0 Å². The highest BCUT2D eigenvalue weighted by Gasteiger charge is 2.48. The van der Waals surface area contributed by atoms with Gasteiger partial charge < -0.3 is 9.73 Å². The molecule has 1 aliphatic carbocycles. The van der Waals surface area contributed by atoms with Crippen molar-refractivity contribution in [1.82, 2.24) is 10.2 Å². The van der Waals surface area contributed by atoms with Crippen LogP contribution in [0, 0.1) is 11.8 Å². The van der Waals surface area contributed by atoms with E-state index in [0.717, 1.165) is 0 Å². The first-order valence-electron chi connectivity index (χ1n) is 7.55. The van der Waals surface area contributed by atoms with Crippen LogP contribution in [0.4, 0.5) is 0 Å². The summed E-state index contributed by atoms with van der Waals surface area (Å²) in [5, 5.41) is 3.33. The quantitative estimate of drug-likeness (QED) is 0.831. The molecule has 1 fully saturated rings. The van der Waals surface area contributed by atoms with E-state index in [1.807, 2.05) is 0 Å². The molecule has 2 aliphatic rings. The number of halogens is 1. The highest BCUT2D eigenvalue weighted by atomic mass is 35.5. The molecule has 3 amide bonds. The zero-order valence-corrected chi connectivity index (χ0v) is 13.2. The molecular formula is C16H17ClN2O4. The average Bonchev–Trinajstić information content (AvgIpc) is 3.12. The number of furan rings is 1. The Morgan fingerprint density at radius 3 is 2.87 bits per heavy atom. The maximum atomic E-state index is 12.3. The van der Waals surface area contributed by atoms with Crippen molar-refractivity contribution in [2.75, 3.05) is 6.54 Å². The smallest absolute Gasteiger partial charge is 0.233 e. The molecular weight excluding hydrogens is 320 g/mol. The number of allylic oxidation sites excluding steroid dienone is 2. The van der Waals surface area contributed by atoms with Gasteiger partial charge in [0.05, 0.1) is 24.6 Å². The van der Waals surface area contributed by atoms with E-state index in [9.17, 15) is 14.4 Å². The zero-order valence-electron chi connectivity index (χ0n) is 12.5. The SMILES string of the molecule is O=C(CCN1C(=O)[C@H]2CC=C(Cl)C[C@H]2C1=O)NCc1ccco1. The summed E-state index contributed by atoms with van der Waals surface area (Å²) in [7, 11) is 0. The molecule has 0 unspecified atom stereocenters. The Kier molecular flexibility index (Phi) is 4.52. The number of hydrogen-bond donors (Lipinski definition) is 1. The summed E-state index contributed by atoms with van der Waals surface area (Å²) in [5.74, 6) is -0.682. The molecule has 2 atom stereocenters. The molecule has 122 valence electrons. The van der Waals surface area contributed by atoms with Crippen molar-refractivity contribution < 1.29 is 18.8 Å². The Labute approximate surface area is 138 Å². The first kappa shape index (κ1) is 15.8. The highest BCUT2D eigenvalue weighted by Crippen LogP contribution is 2.38. The first-order valence-corrected chi connectivity index (χ1v) is 7.93.